The summed E-state index contributed by atoms with van der Waals surface area (Å²) in [6.07, 6.45) is 0. The molecule has 100 valence electrons. The van der Waals surface area contributed by atoms with E-state index in [0.29, 0.717) is 23.3 Å². The first-order valence-corrected chi connectivity index (χ1v) is 6.12. The topological polar surface area (TPSA) is 66.9 Å². The molecule has 0 aliphatic carbocycles. The van der Waals surface area contributed by atoms with Gasteiger partial charge in [0, 0.05) is 19.2 Å². The Morgan fingerprint density at radius 3 is 2.50 bits per heavy atom. The highest BCUT2D eigenvalue weighted by Gasteiger charge is 2.26. The van der Waals surface area contributed by atoms with E-state index >= 15 is 0 Å². The fraction of sp³-hybridized carbons (Fsp3) is 0.583. The maximum atomic E-state index is 11.7. The normalized spacial score (nSPS) is 11.2. The predicted molar refractivity (Wildman–Crippen MR) is 72.9 cm³/mol. The van der Waals surface area contributed by atoms with E-state index in [1.54, 1.807) is 14.0 Å². The fourth-order valence-electron chi connectivity index (χ4n) is 1.49. The fourth-order valence-corrected chi connectivity index (χ4v) is 1.70. The second kappa shape index (κ2) is 5.52. The number of hydrogen-bond acceptors (Lipinski definition) is 4. The van der Waals surface area contributed by atoms with E-state index in [1.165, 1.54) is 0 Å². The molecule has 0 aromatic carbocycles. The lowest BCUT2D eigenvalue weighted by Crippen LogP contribution is -2.39. The molecule has 2 N–H and O–H groups in total. The monoisotopic (exact) mass is 270 g/mol. The minimum absolute atomic E-state index is 0.0236. The molecule has 0 aliphatic heterocycles. The average molecular weight is 271 g/mol. The number of aromatic nitrogens is 2. The summed E-state index contributed by atoms with van der Waals surface area (Å²) in [4.78, 5) is 20.0. The highest BCUT2D eigenvalue weighted by Crippen LogP contribution is 2.22. The van der Waals surface area contributed by atoms with Crippen molar-refractivity contribution in [2.24, 2.45) is 5.41 Å². The summed E-state index contributed by atoms with van der Waals surface area (Å²) < 4.78 is 0. The molecule has 0 radical (unpaired) electrons. The third kappa shape index (κ3) is 3.32. The van der Waals surface area contributed by atoms with E-state index < -0.39 is 5.41 Å². The van der Waals surface area contributed by atoms with Crippen LogP contribution in [0.25, 0.3) is 0 Å². The summed E-state index contributed by atoms with van der Waals surface area (Å²) in [5.41, 5.74) is 0.266. The number of anilines is 1. The maximum absolute atomic E-state index is 11.7. The quantitative estimate of drug-likeness (QED) is 0.821. The number of halogens is 1. The van der Waals surface area contributed by atoms with Gasteiger partial charge in [-0.05, 0) is 27.7 Å². The Balaban J connectivity index is 2.84. The van der Waals surface area contributed by atoms with Gasteiger partial charge in [-0.2, -0.15) is 0 Å². The number of hydrogen-bond donors (Lipinski definition) is 2. The highest BCUT2D eigenvalue weighted by atomic mass is 35.5. The molecule has 18 heavy (non-hydrogen) atoms. The summed E-state index contributed by atoms with van der Waals surface area (Å²) in [7, 11) is 1.63. The average Bonchev–Trinajstić information content (AvgIpc) is 2.30. The highest BCUT2D eigenvalue weighted by molar-refractivity contribution is 6.30. The molecule has 0 saturated heterocycles. The van der Waals surface area contributed by atoms with Gasteiger partial charge in [0.05, 0.1) is 5.41 Å². The van der Waals surface area contributed by atoms with Crippen molar-refractivity contribution in [2.45, 2.75) is 27.7 Å². The third-order valence-corrected chi connectivity index (χ3v) is 3.11. The van der Waals surface area contributed by atoms with E-state index in [1.807, 2.05) is 20.8 Å². The van der Waals surface area contributed by atoms with Crippen molar-refractivity contribution in [2.75, 3.05) is 18.9 Å². The van der Waals surface area contributed by atoms with Crippen LogP contribution in [-0.4, -0.2) is 29.5 Å². The molecule has 5 nitrogen and oxygen atoms in total. The Morgan fingerprint density at radius 2 is 1.94 bits per heavy atom. The van der Waals surface area contributed by atoms with Gasteiger partial charge in [-0.1, -0.05) is 11.6 Å². The third-order valence-electron chi connectivity index (χ3n) is 2.74. The van der Waals surface area contributed by atoms with Crippen molar-refractivity contribution in [1.29, 1.82) is 0 Å². The molecule has 0 spiro atoms. The molecule has 0 aliphatic rings. The zero-order valence-corrected chi connectivity index (χ0v) is 12.1. The summed E-state index contributed by atoms with van der Waals surface area (Å²) >= 11 is 5.99. The van der Waals surface area contributed by atoms with Crippen LogP contribution in [0.2, 0.25) is 5.15 Å². The van der Waals surface area contributed by atoms with Gasteiger partial charge < -0.3 is 10.6 Å². The molecule has 1 amide bonds. The van der Waals surface area contributed by atoms with Crippen LogP contribution in [0.4, 0.5) is 5.82 Å². The van der Waals surface area contributed by atoms with Crippen LogP contribution in [-0.2, 0) is 4.79 Å². The standard InChI is InChI=1S/C12H19ClN4O/c1-7-9(13)16-8(2)17-10(7)15-6-12(3,4)11(18)14-5/h6H2,1-5H3,(H,14,18)(H,15,16,17). The first kappa shape index (κ1) is 14.7. The molecular formula is C12H19ClN4O. The predicted octanol–water partition coefficient (Wildman–Crippen LogP) is 1.93. The Bertz CT molecular complexity index is 460. The summed E-state index contributed by atoms with van der Waals surface area (Å²) in [6, 6.07) is 0. The number of aryl methyl sites for hydroxylation is 1. The minimum atomic E-state index is -0.521. The van der Waals surface area contributed by atoms with Crippen LogP contribution in [0, 0.1) is 19.3 Å². The van der Waals surface area contributed by atoms with Crippen molar-refractivity contribution >= 4 is 23.3 Å². The molecule has 6 heteroatoms. The zero-order valence-electron chi connectivity index (χ0n) is 11.4. The van der Waals surface area contributed by atoms with E-state index in [2.05, 4.69) is 20.6 Å². The molecule has 1 aromatic heterocycles. The SMILES string of the molecule is CNC(=O)C(C)(C)CNc1nc(C)nc(Cl)c1C. The van der Waals surface area contributed by atoms with Gasteiger partial charge >= 0.3 is 0 Å². The van der Waals surface area contributed by atoms with Crippen LogP contribution >= 0.6 is 11.6 Å². The van der Waals surface area contributed by atoms with Gasteiger partial charge in [-0.25, -0.2) is 9.97 Å². The van der Waals surface area contributed by atoms with Gasteiger partial charge in [-0.15, -0.1) is 0 Å². The maximum Gasteiger partial charge on any atom is 0.227 e. The number of carbonyl (C=O) groups excluding carboxylic acids is 1. The van der Waals surface area contributed by atoms with E-state index in [9.17, 15) is 4.79 Å². The van der Waals surface area contributed by atoms with Gasteiger partial charge in [-0.3, -0.25) is 4.79 Å². The molecule has 0 unspecified atom stereocenters. The second-order valence-electron chi connectivity index (χ2n) is 4.85. The number of nitrogens with zero attached hydrogens (tertiary/aromatic N) is 2. The Morgan fingerprint density at radius 1 is 1.33 bits per heavy atom. The van der Waals surface area contributed by atoms with Crippen LogP contribution in [0.5, 0.6) is 0 Å². The second-order valence-corrected chi connectivity index (χ2v) is 5.21. The van der Waals surface area contributed by atoms with Crippen molar-refractivity contribution in [3.63, 3.8) is 0 Å². The molecule has 0 bridgehead atoms. The largest absolute Gasteiger partial charge is 0.369 e. The number of nitrogens with one attached hydrogen (secondary N) is 2. The summed E-state index contributed by atoms with van der Waals surface area (Å²) in [6.45, 7) is 7.82. The molecule has 0 saturated carbocycles. The first-order chi connectivity index (χ1) is 8.27. The lowest BCUT2D eigenvalue weighted by Gasteiger charge is -2.23. The molecule has 0 atom stereocenters. The molecular weight excluding hydrogens is 252 g/mol. The zero-order chi connectivity index (χ0) is 13.9. The van der Waals surface area contributed by atoms with Crippen molar-refractivity contribution in [1.82, 2.24) is 15.3 Å². The smallest absolute Gasteiger partial charge is 0.227 e. The summed E-state index contributed by atoms with van der Waals surface area (Å²) in [5, 5.41) is 6.23. The van der Waals surface area contributed by atoms with Crippen LogP contribution in [0.15, 0.2) is 0 Å². The Kier molecular flexibility index (Phi) is 4.51. The van der Waals surface area contributed by atoms with Crippen LogP contribution in [0.3, 0.4) is 0 Å². The summed E-state index contributed by atoms with van der Waals surface area (Å²) in [5.74, 6) is 1.25. The van der Waals surface area contributed by atoms with E-state index in [4.69, 9.17) is 11.6 Å². The molecule has 0 fully saturated rings. The van der Waals surface area contributed by atoms with Gasteiger partial charge in [0.2, 0.25) is 5.91 Å². The number of rotatable bonds is 4. The first-order valence-electron chi connectivity index (χ1n) is 5.74. The van der Waals surface area contributed by atoms with Crippen molar-refractivity contribution in [3.05, 3.63) is 16.5 Å². The minimum Gasteiger partial charge on any atom is -0.369 e. The Hall–Kier alpha value is -1.36. The number of carbonyl (C=O) groups is 1. The molecule has 1 aromatic rings. The lowest BCUT2D eigenvalue weighted by molar-refractivity contribution is -0.128. The van der Waals surface area contributed by atoms with E-state index in [0.717, 1.165) is 5.56 Å². The van der Waals surface area contributed by atoms with Crippen LogP contribution in [0.1, 0.15) is 25.2 Å². The van der Waals surface area contributed by atoms with Gasteiger partial charge in [0.15, 0.2) is 0 Å². The van der Waals surface area contributed by atoms with Gasteiger partial charge in [0.1, 0.15) is 16.8 Å². The number of amides is 1. The molecule has 1 heterocycles. The van der Waals surface area contributed by atoms with E-state index in [-0.39, 0.29) is 5.91 Å². The lowest BCUT2D eigenvalue weighted by atomic mass is 9.92. The van der Waals surface area contributed by atoms with Gasteiger partial charge in [0.25, 0.3) is 0 Å². The van der Waals surface area contributed by atoms with Crippen molar-refractivity contribution < 1.29 is 4.79 Å². The Labute approximate surface area is 112 Å². The van der Waals surface area contributed by atoms with Crippen LogP contribution < -0.4 is 10.6 Å². The molecule has 1 rings (SSSR count). The van der Waals surface area contributed by atoms with Crippen molar-refractivity contribution in [3.8, 4) is 0 Å².